The molecule has 0 radical (unpaired) electrons. The molecule has 172 valence electrons. The van der Waals surface area contributed by atoms with Gasteiger partial charge in [0.2, 0.25) is 0 Å². The van der Waals surface area contributed by atoms with E-state index in [1.54, 1.807) is 55.6 Å². The molecule has 0 saturated heterocycles. The van der Waals surface area contributed by atoms with E-state index in [-0.39, 0.29) is 23.7 Å². The maximum Gasteiger partial charge on any atom is 0.326 e. The van der Waals surface area contributed by atoms with Gasteiger partial charge in [-0.25, -0.2) is 4.79 Å². The number of aliphatic carboxylic acids is 1. The monoisotopic (exact) mass is 451 g/mol. The fraction of sp³-hybridized carbons (Fsp3) is 0.250. The first-order valence-electron chi connectivity index (χ1n) is 10.4. The van der Waals surface area contributed by atoms with Crippen molar-refractivity contribution in [3.05, 3.63) is 80.1 Å². The Balaban J connectivity index is 1.65. The summed E-state index contributed by atoms with van der Waals surface area (Å²) in [5.74, 6) is -0.793. The van der Waals surface area contributed by atoms with Crippen LogP contribution in [0.2, 0.25) is 0 Å². The zero-order chi connectivity index (χ0) is 24.0. The second-order valence-electron chi connectivity index (χ2n) is 7.45. The van der Waals surface area contributed by atoms with Crippen LogP contribution in [0.1, 0.15) is 29.3 Å². The summed E-state index contributed by atoms with van der Waals surface area (Å²) in [6.45, 7) is 2.41. The van der Waals surface area contributed by atoms with Crippen LogP contribution >= 0.6 is 0 Å². The van der Waals surface area contributed by atoms with Crippen molar-refractivity contribution in [2.24, 2.45) is 0 Å². The molecule has 3 aromatic carbocycles. The Hall–Kier alpha value is -4.14. The highest BCUT2D eigenvalue weighted by molar-refractivity contribution is 6.04. The van der Waals surface area contributed by atoms with Gasteiger partial charge in [-0.1, -0.05) is 19.1 Å². The van der Waals surface area contributed by atoms with Gasteiger partial charge in [-0.3, -0.25) is 14.4 Å². The van der Waals surface area contributed by atoms with Crippen molar-refractivity contribution in [1.29, 1.82) is 0 Å². The highest BCUT2D eigenvalue weighted by Gasteiger charge is 2.26. The number of carbonyl (C=O) groups is 2. The number of methoxy groups -OCH3 is 1. The highest BCUT2D eigenvalue weighted by atomic mass is 16.5. The van der Waals surface area contributed by atoms with Crippen LogP contribution in [0.25, 0.3) is 0 Å². The average molecular weight is 451 g/mol. The molecule has 9 heteroatoms. The maximum atomic E-state index is 12.4. The minimum absolute atomic E-state index is 0.00391. The molecule has 33 heavy (non-hydrogen) atoms. The molecule has 1 amide bonds. The summed E-state index contributed by atoms with van der Waals surface area (Å²) >= 11 is 0. The van der Waals surface area contributed by atoms with Crippen molar-refractivity contribution in [1.82, 2.24) is 0 Å². The van der Waals surface area contributed by atoms with E-state index in [1.807, 2.05) is 6.92 Å². The summed E-state index contributed by atoms with van der Waals surface area (Å²) < 4.78 is 5.08. The number of hydrogen-bond donors (Lipinski definition) is 4. The molecule has 0 fully saturated rings. The van der Waals surface area contributed by atoms with Gasteiger partial charge in [0.05, 0.1) is 7.11 Å². The van der Waals surface area contributed by atoms with Gasteiger partial charge in [0.1, 0.15) is 23.2 Å². The molecule has 9 nitrogen and oxygen atoms in total. The van der Waals surface area contributed by atoms with Crippen molar-refractivity contribution < 1.29 is 19.4 Å². The van der Waals surface area contributed by atoms with Crippen LogP contribution in [-0.4, -0.2) is 36.7 Å². The number of hydrogen-bond acceptors (Lipinski definition) is 7. The molecular formula is C24H25N3O6. The summed E-state index contributed by atoms with van der Waals surface area (Å²) in [7, 11) is 1.55. The highest BCUT2D eigenvalue weighted by Crippen LogP contribution is 2.19. The van der Waals surface area contributed by atoms with Gasteiger partial charge in [0.25, 0.3) is 16.8 Å². The Morgan fingerprint density at radius 3 is 2.18 bits per heavy atom. The third kappa shape index (κ3) is 5.57. The lowest BCUT2D eigenvalue weighted by molar-refractivity contribution is -0.137. The normalized spacial score (nSPS) is 11.6. The molecule has 1 atom stereocenters. The second-order valence-corrected chi connectivity index (χ2v) is 7.45. The van der Waals surface area contributed by atoms with Crippen LogP contribution < -0.4 is 31.5 Å². The third-order valence-corrected chi connectivity index (χ3v) is 5.08. The van der Waals surface area contributed by atoms with Gasteiger partial charge in [-0.05, 0) is 48.4 Å². The third-order valence-electron chi connectivity index (χ3n) is 5.08. The first kappa shape index (κ1) is 23.5. The van der Waals surface area contributed by atoms with Crippen molar-refractivity contribution in [2.75, 3.05) is 29.6 Å². The van der Waals surface area contributed by atoms with E-state index in [1.165, 1.54) is 0 Å². The largest absolute Gasteiger partial charge is 0.497 e. The Kier molecular flexibility index (Phi) is 7.45. The van der Waals surface area contributed by atoms with Crippen LogP contribution in [0.3, 0.4) is 0 Å². The minimum atomic E-state index is -1.15. The number of carboxylic acid groups (broad SMARTS) is 1. The minimum Gasteiger partial charge on any atom is -0.497 e. The van der Waals surface area contributed by atoms with Crippen LogP contribution in [0.4, 0.5) is 17.1 Å². The summed E-state index contributed by atoms with van der Waals surface area (Å²) in [6.07, 6.45) is 0.829. The van der Waals surface area contributed by atoms with E-state index in [0.717, 1.165) is 6.42 Å². The summed E-state index contributed by atoms with van der Waals surface area (Å²) in [4.78, 5) is 47.8. The average Bonchev–Trinajstić information content (AvgIpc) is 2.83. The van der Waals surface area contributed by atoms with Gasteiger partial charge in [0, 0.05) is 24.2 Å². The quantitative estimate of drug-likeness (QED) is 0.327. The fourth-order valence-electron chi connectivity index (χ4n) is 3.23. The summed E-state index contributed by atoms with van der Waals surface area (Å²) in [5, 5.41) is 17.9. The zero-order valence-corrected chi connectivity index (χ0v) is 18.3. The maximum absolute atomic E-state index is 12.4. The number of benzene rings is 2. The van der Waals surface area contributed by atoms with Gasteiger partial charge >= 0.3 is 5.97 Å². The molecule has 0 spiro atoms. The Bertz CT molecular complexity index is 1190. The molecule has 0 aliphatic carbocycles. The molecule has 4 N–H and O–H groups in total. The van der Waals surface area contributed by atoms with Crippen LogP contribution in [0, 0.1) is 0 Å². The smallest absolute Gasteiger partial charge is 0.326 e. The molecule has 0 aromatic heterocycles. The van der Waals surface area contributed by atoms with E-state index < -0.39 is 22.9 Å². The predicted molar refractivity (Wildman–Crippen MR) is 126 cm³/mol. The number of carboxylic acids is 1. The van der Waals surface area contributed by atoms with Gasteiger partial charge in [-0.15, -0.1) is 0 Å². The number of nitrogens with one attached hydrogen (secondary N) is 3. The first-order valence-corrected chi connectivity index (χ1v) is 10.4. The van der Waals surface area contributed by atoms with E-state index in [0.29, 0.717) is 29.1 Å². The fourth-order valence-corrected chi connectivity index (χ4v) is 3.23. The molecule has 3 aromatic rings. The number of ether oxygens (including phenoxy) is 1. The molecule has 0 unspecified atom stereocenters. The Morgan fingerprint density at radius 2 is 1.61 bits per heavy atom. The second kappa shape index (κ2) is 10.4. The van der Waals surface area contributed by atoms with Gasteiger partial charge in [-0.2, -0.15) is 0 Å². The van der Waals surface area contributed by atoms with E-state index in [9.17, 15) is 24.3 Å². The number of amides is 1. The predicted octanol–water partition coefficient (Wildman–Crippen LogP) is 2.47. The van der Waals surface area contributed by atoms with E-state index in [2.05, 4.69) is 16.0 Å². The SMILES string of the molecule is CCCNc1c(N[C@@H](Cc2ccc(NC(=O)c3ccc(OC)cc3)cc2)C(=O)O)c(=O)c1=O. The van der Waals surface area contributed by atoms with Gasteiger partial charge < -0.3 is 25.8 Å². The summed E-state index contributed by atoms with van der Waals surface area (Å²) in [5.41, 5.74) is 0.458. The standard InChI is InChI=1S/C24H25N3O6/c1-3-12-25-19-20(22(29)21(19)28)27-18(24(31)32)13-14-4-8-16(9-5-14)26-23(30)15-6-10-17(33-2)11-7-15/h4-11,18,25,27H,3,12-13H2,1-2H3,(H,26,30)(H,31,32)/t18-/m0/s1. The van der Waals surface area contributed by atoms with E-state index in [4.69, 9.17) is 4.74 Å². The Morgan fingerprint density at radius 1 is 0.970 bits per heavy atom. The zero-order valence-electron chi connectivity index (χ0n) is 18.3. The van der Waals surface area contributed by atoms with Crippen molar-refractivity contribution in [2.45, 2.75) is 25.8 Å². The summed E-state index contributed by atoms with van der Waals surface area (Å²) in [6, 6.07) is 12.3. The molecule has 0 aliphatic heterocycles. The number of rotatable bonds is 11. The molecule has 0 saturated carbocycles. The van der Waals surface area contributed by atoms with E-state index >= 15 is 0 Å². The molecular weight excluding hydrogens is 426 g/mol. The lowest BCUT2D eigenvalue weighted by atomic mass is 10.0. The van der Waals surface area contributed by atoms with Crippen molar-refractivity contribution >= 4 is 28.9 Å². The van der Waals surface area contributed by atoms with Crippen LogP contribution in [0.15, 0.2) is 58.1 Å². The molecule has 0 heterocycles. The lowest BCUT2D eigenvalue weighted by Gasteiger charge is -2.20. The van der Waals surface area contributed by atoms with Crippen molar-refractivity contribution in [3.8, 4) is 5.75 Å². The number of carbonyl (C=O) groups excluding carboxylic acids is 1. The van der Waals surface area contributed by atoms with Crippen LogP contribution in [0.5, 0.6) is 5.75 Å². The van der Waals surface area contributed by atoms with Crippen molar-refractivity contribution in [3.63, 3.8) is 0 Å². The van der Waals surface area contributed by atoms with Gasteiger partial charge in [0.15, 0.2) is 0 Å². The Labute approximate surface area is 190 Å². The number of anilines is 3. The molecule has 0 aliphatic rings. The molecule has 0 bridgehead atoms. The van der Waals surface area contributed by atoms with Crippen LogP contribution in [-0.2, 0) is 11.2 Å². The lowest BCUT2D eigenvalue weighted by Crippen LogP contribution is -2.42. The topological polar surface area (TPSA) is 134 Å². The first-order chi connectivity index (χ1) is 15.8. The molecule has 3 rings (SSSR count).